The molecule has 2 aromatic rings. The van der Waals surface area contributed by atoms with Crippen LogP contribution >= 0.6 is 27.5 Å². The molecule has 1 heterocycles. The summed E-state index contributed by atoms with van der Waals surface area (Å²) in [4.78, 5) is 12.0. The minimum Gasteiger partial charge on any atom is -1.00 e. The molecule has 0 atom stereocenters. The van der Waals surface area contributed by atoms with E-state index in [4.69, 9.17) is 17.3 Å². The number of ketones is 1. The monoisotopic (exact) mass is 372 g/mol. The highest BCUT2D eigenvalue weighted by atomic mass is 79.9. The second-order valence-electron chi connectivity index (χ2n) is 3.87. The van der Waals surface area contributed by atoms with E-state index in [1.807, 2.05) is 12.1 Å². The van der Waals surface area contributed by atoms with E-state index in [0.29, 0.717) is 16.4 Å². The number of benzene rings is 1. The highest BCUT2D eigenvalue weighted by Gasteiger charge is 2.05. The maximum Gasteiger partial charge on any atom is 0.277 e. The third kappa shape index (κ3) is 4.34. The molecular weight excluding hydrogens is 363 g/mol. The number of aromatic nitrogens is 1. The summed E-state index contributed by atoms with van der Waals surface area (Å²) in [6.45, 7) is 0. The number of nitrogens with two attached hydrogens (primary N) is 1. The fourth-order valence-electron chi connectivity index (χ4n) is 1.52. The number of carbonyl (C=O) groups excluding carboxylic acids is 1. The van der Waals surface area contributed by atoms with Gasteiger partial charge in [0.2, 0.25) is 0 Å². The molecule has 0 bridgehead atoms. The predicted molar refractivity (Wildman–Crippen MR) is 79.9 cm³/mol. The summed E-state index contributed by atoms with van der Waals surface area (Å²) in [5.74, 6) is 0.399. The zero-order chi connectivity index (χ0) is 13.8. The number of hydrogen-bond donors (Lipinski definition) is 1. The second kappa shape index (κ2) is 7.43. The predicted octanol–water partition coefficient (Wildman–Crippen LogP) is 0.330. The van der Waals surface area contributed by atoms with E-state index in [2.05, 4.69) is 15.9 Å². The molecule has 0 spiro atoms. The van der Waals surface area contributed by atoms with Crippen molar-refractivity contribution in [2.75, 3.05) is 5.73 Å². The van der Waals surface area contributed by atoms with Gasteiger partial charge in [0.05, 0.1) is 11.2 Å². The summed E-state index contributed by atoms with van der Waals surface area (Å²) in [5, 5.41) is 0.550. The molecule has 2 N–H and O–H groups in total. The Morgan fingerprint density at radius 1 is 1.30 bits per heavy atom. The first-order chi connectivity index (χ1) is 9.06. The molecule has 3 nitrogen and oxygen atoms in total. The number of rotatable bonds is 3. The van der Waals surface area contributed by atoms with E-state index >= 15 is 0 Å². The maximum atomic E-state index is 12.0. The summed E-state index contributed by atoms with van der Waals surface area (Å²) in [6.07, 6.45) is 4.68. The molecule has 1 aromatic carbocycles. The van der Waals surface area contributed by atoms with Gasteiger partial charge >= 0.3 is 0 Å². The molecule has 1 aromatic heterocycles. The molecule has 0 radical (unpaired) electrons. The standard InChI is InChI=1S/C14H10BrClN2O.ClH/c15-11-3-1-2-10(8-11)13(19)6-7-18-9-12(16)4-5-14(18)17;/h1-9,17H;1H. The molecule has 2 rings (SSSR count). The van der Waals surface area contributed by atoms with E-state index in [9.17, 15) is 4.79 Å². The largest absolute Gasteiger partial charge is 1.00 e. The van der Waals surface area contributed by atoms with Gasteiger partial charge in [0, 0.05) is 22.2 Å². The van der Waals surface area contributed by atoms with Crippen molar-refractivity contribution in [3.05, 3.63) is 63.7 Å². The van der Waals surface area contributed by atoms with Crippen molar-refractivity contribution in [2.24, 2.45) is 0 Å². The lowest BCUT2D eigenvalue weighted by atomic mass is 10.1. The average Bonchev–Trinajstić information content (AvgIpc) is 2.39. The third-order valence-corrected chi connectivity index (χ3v) is 3.19. The van der Waals surface area contributed by atoms with E-state index in [1.54, 1.807) is 41.2 Å². The number of halogens is 3. The minimum absolute atomic E-state index is 0. The topological polar surface area (TPSA) is 47.0 Å². The van der Waals surface area contributed by atoms with E-state index in [0.717, 1.165) is 4.47 Å². The van der Waals surface area contributed by atoms with Gasteiger partial charge in [-0.25, -0.2) is 4.57 Å². The highest BCUT2D eigenvalue weighted by molar-refractivity contribution is 9.10. The number of nitrogen functional groups attached to an aromatic ring is 1. The van der Waals surface area contributed by atoms with Crippen LogP contribution in [0.4, 0.5) is 5.82 Å². The smallest absolute Gasteiger partial charge is 0.277 e. The van der Waals surface area contributed by atoms with Gasteiger partial charge < -0.3 is 12.4 Å². The normalized spacial score (nSPS) is 10.3. The molecular formula is C14H11BrCl2N2O. The van der Waals surface area contributed by atoms with Crippen molar-refractivity contribution >= 4 is 45.3 Å². The van der Waals surface area contributed by atoms with Crippen LogP contribution in [0, 0.1) is 0 Å². The SMILES string of the molecule is Nc1ccc(Cl)c[n+]1C=CC(=O)c1cccc(Br)c1.[Cl-]. The molecule has 0 fully saturated rings. The Balaban J connectivity index is 0.00000200. The number of nitrogens with zero attached hydrogens (tertiary/aromatic N) is 1. The number of anilines is 1. The van der Waals surface area contributed by atoms with Crippen LogP contribution in [0.2, 0.25) is 5.02 Å². The first-order valence-corrected chi connectivity index (χ1v) is 6.67. The number of carbonyl (C=O) groups is 1. The quantitative estimate of drug-likeness (QED) is 0.479. The van der Waals surface area contributed by atoms with Crippen LogP contribution in [0.1, 0.15) is 10.4 Å². The van der Waals surface area contributed by atoms with Crippen molar-refractivity contribution < 1.29 is 21.8 Å². The second-order valence-corrected chi connectivity index (χ2v) is 5.22. The Kier molecular flexibility index (Phi) is 6.20. The Bertz CT molecular complexity index is 659. The van der Waals surface area contributed by atoms with Crippen LogP contribution in [-0.4, -0.2) is 5.78 Å². The van der Waals surface area contributed by atoms with Crippen molar-refractivity contribution in [2.45, 2.75) is 0 Å². The molecule has 6 heteroatoms. The summed E-state index contributed by atoms with van der Waals surface area (Å²) < 4.78 is 2.46. The van der Waals surface area contributed by atoms with Gasteiger partial charge in [-0.2, -0.15) is 0 Å². The van der Waals surface area contributed by atoms with Crippen molar-refractivity contribution in [1.29, 1.82) is 0 Å². The lowest BCUT2D eigenvalue weighted by Gasteiger charge is -1.98. The molecule has 0 saturated heterocycles. The maximum absolute atomic E-state index is 12.0. The first-order valence-electron chi connectivity index (χ1n) is 5.50. The van der Waals surface area contributed by atoms with Crippen molar-refractivity contribution in [3.8, 4) is 0 Å². The number of hydrogen-bond acceptors (Lipinski definition) is 2. The molecule has 0 amide bonds. The van der Waals surface area contributed by atoms with Crippen molar-refractivity contribution in [3.63, 3.8) is 0 Å². The summed E-state index contributed by atoms with van der Waals surface area (Å²) in [5.41, 5.74) is 6.38. The lowest BCUT2D eigenvalue weighted by molar-refractivity contribution is -0.552. The molecule has 0 unspecified atom stereocenters. The lowest BCUT2D eigenvalue weighted by Crippen LogP contribution is -3.00. The first kappa shape index (κ1) is 16.7. The van der Waals surface area contributed by atoms with Gasteiger partial charge in [-0.3, -0.25) is 10.5 Å². The zero-order valence-corrected chi connectivity index (χ0v) is 13.4. The molecule has 20 heavy (non-hydrogen) atoms. The van der Waals surface area contributed by atoms with Gasteiger partial charge in [-0.05, 0) is 18.2 Å². The van der Waals surface area contributed by atoms with E-state index < -0.39 is 0 Å². The summed E-state index contributed by atoms with van der Waals surface area (Å²) in [6, 6.07) is 10.6. The van der Waals surface area contributed by atoms with E-state index in [-0.39, 0.29) is 18.2 Å². The fourth-order valence-corrected chi connectivity index (χ4v) is 2.08. The van der Waals surface area contributed by atoms with Crippen LogP contribution < -0.4 is 22.7 Å². The van der Waals surface area contributed by atoms with Crippen LogP contribution in [0.3, 0.4) is 0 Å². The number of pyridine rings is 1. The molecule has 0 aliphatic carbocycles. The van der Waals surface area contributed by atoms with Gasteiger partial charge in [-0.15, -0.1) is 0 Å². The van der Waals surface area contributed by atoms with Gasteiger partial charge in [0.25, 0.3) is 5.82 Å². The zero-order valence-electron chi connectivity index (χ0n) is 10.3. The van der Waals surface area contributed by atoms with E-state index in [1.165, 1.54) is 6.08 Å². The Labute approximate surface area is 136 Å². The Morgan fingerprint density at radius 3 is 2.75 bits per heavy atom. The third-order valence-electron chi connectivity index (χ3n) is 2.47. The van der Waals surface area contributed by atoms with Crippen molar-refractivity contribution in [1.82, 2.24) is 0 Å². The summed E-state index contributed by atoms with van der Waals surface area (Å²) >= 11 is 9.20. The Hall–Kier alpha value is -1.36. The molecule has 0 aliphatic rings. The van der Waals surface area contributed by atoms with Gasteiger partial charge in [0.15, 0.2) is 5.78 Å². The minimum atomic E-state index is -0.104. The van der Waals surface area contributed by atoms with Crippen LogP contribution in [0.15, 0.2) is 53.1 Å². The molecule has 0 aliphatic heterocycles. The number of allylic oxidation sites excluding steroid dienone is 1. The Morgan fingerprint density at radius 2 is 2.05 bits per heavy atom. The van der Waals surface area contributed by atoms with Crippen LogP contribution in [0.25, 0.3) is 6.20 Å². The molecule has 0 saturated carbocycles. The van der Waals surface area contributed by atoms with Crippen LogP contribution in [-0.2, 0) is 0 Å². The average molecular weight is 374 g/mol. The van der Waals surface area contributed by atoms with Crippen LogP contribution in [0.5, 0.6) is 0 Å². The fraction of sp³-hybridized carbons (Fsp3) is 0. The summed E-state index contributed by atoms with van der Waals surface area (Å²) in [7, 11) is 0. The van der Waals surface area contributed by atoms with Gasteiger partial charge in [0.1, 0.15) is 6.20 Å². The van der Waals surface area contributed by atoms with Gasteiger partial charge in [-0.1, -0.05) is 39.7 Å². The highest BCUT2D eigenvalue weighted by Crippen LogP contribution is 2.12. The molecule has 104 valence electrons.